The van der Waals surface area contributed by atoms with Crippen molar-refractivity contribution >= 4 is 31.5 Å². The molecule has 0 radical (unpaired) electrons. The molecule has 1 nitrogen and oxygen atoms in total. The second-order valence-corrected chi connectivity index (χ2v) is 11.5. The molecule has 0 fully saturated rings. The van der Waals surface area contributed by atoms with Crippen LogP contribution in [0.4, 0.5) is 0 Å². The van der Waals surface area contributed by atoms with Crippen LogP contribution in [0.25, 0.3) is 42.4 Å². The van der Waals surface area contributed by atoms with Gasteiger partial charge in [-0.3, -0.25) is 0 Å². The van der Waals surface area contributed by atoms with E-state index in [1.165, 1.54) is 70.2 Å². The SMILES string of the molecule is CN(C)Cc1cccc2c1C1(c3ccccc3-c3cc4c(cc31)sc1ccccc14)c1ccccc1-2. The van der Waals surface area contributed by atoms with E-state index in [0.29, 0.717) is 0 Å². The van der Waals surface area contributed by atoms with E-state index < -0.39 is 0 Å². The fourth-order valence-corrected chi connectivity index (χ4v) is 8.10. The maximum atomic E-state index is 2.52. The summed E-state index contributed by atoms with van der Waals surface area (Å²) in [6.07, 6.45) is 0. The fraction of sp³-hybridized carbons (Fsp3) is 0.118. The van der Waals surface area contributed by atoms with E-state index in [0.717, 1.165) is 6.54 Å². The van der Waals surface area contributed by atoms with Crippen LogP contribution in [-0.2, 0) is 12.0 Å². The molecule has 1 atom stereocenters. The zero-order chi connectivity index (χ0) is 24.0. The molecule has 1 aromatic heterocycles. The predicted molar refractivity (Wildman–Crippen MR) is 153 cm³/mol. The van der Waals surface area contributed by atoms with Gasteiger partial charge in [0.2, 0.25) is 0 Å². The van der Waals surface area contributed by atoms with Crippen molar-refractivity contribution in [3.8, 4) is 22.3 Å². The van der Waals surface area contributed by atoms with Gasteiger partial charge in [-0.15, -0.1) is 11.3 Å². The summed E-state index contributed by atoms with van der Waals surface area (Å²) >= 11 is 1.92. The molecule has 0 saturated heterocycles. The lowest BCUT2D eigenvalue weighted by atomic mass is 9.69. The minimum atomic E-state index is -0.297. The molecule has 6 aromatic rings. The maximum Gasteiger partial charge on any atom is 0.0729 e. The highest BCUT2D eigenvalue weighted by atomic mass is 32.1. The van der Waals surface area contributed by atoms with Gasteiger partial charge in [0.1, 0.15) is 0 Å². The van der Waals surface area contributed by atoms with Crippen LogP contribution in [0.3, 0.4) is 0 Å². The Kier molecular flexibility index (Phi) is 4.07. The van der Waals surface area contributed by atoms with Gasteiger partial charge >= 0.3 is 0 Å². The molecule has 2 heteroatoms. The Morgan fingerprint density at radius 1 is 0.583 bits per heavy atom. The molecule has 0 saturated carbocycles. The smallest absolute Gasteiger partial charge is 0.0729 e. The molecule has 1 spiro atoms. The lowest BCUT2D eigenvalue weighted by Crippen LogP contribution is -2.28. The monoisotopic (exact) mass is 479 g/mol. The van der Waals surface area contributed by atoms with Crippen molar-refractivity contribution in [1.29, 1.82) is 0 Å². The van der Waals surface area contributed by atoms with Gasteiger partial charge in [0.05, 0.1) is 5.41 Å². The molecule has 172 valence electrons. The van der Waals surface area contributed by atoms with Crippen LogP contribution >= 0.6 is 11.3 Å². The third-order valence-corrected chi connectivity index (χ3v) is 9.31. The van der Waals surface area contributed by atoms with Gasteiger partial charge in [-0.05, 0) is 82.4 Å². The van der Waals surface area contributed by atoms with Crippen LogP contribution in [0, 0.1) is 0 Å². The molecular weight excluding hydrogens is 454 g/mol. The third kappa shape index (κ3) is 2.43. The molecule has 0 N–H and O–H groups in total. The standard InChI is InChI=1S/C34H25NS/c1-35(2)20-21-10-9-14-25-22-11-3-6-15-28(22)34(33(21)25)29-16-7-4-12-23(29)26-18-27-24-13-5-8-17-31(24)36-32(27)19-30(26)34/h3-19H,20H2,1-2H3. The van der Waals surface area contributed by atoms with E-state index >= 15 is 0 Å². The summed E-state index contributed by atoms with van der Waals surface area (Å²) in [5.41, 5.74) is 12.3. The largest absolute Gasteiger partial charge is 0.305 e. The Labute approximate surface area is 215 Å². The number of hydrogen-bond donors (Lipinski definition) is 0. The second kappa shape index (κ2) is 7.16. The number of thiophene rings is 1. The van der Waals surface area contributed by atoms with Gasteiger partial charge < -0.3 is 4.90 Å². The van der Waals surface area contributed by atoms with Crippen LogP contribution < -0.4 is 0 Å². The number of benzene rings is 5. The molecule has 1 unspecified atom stereocenters. The molecule has 5 aromatic carbocycles. The van der Waals surface area contributed by atoms with Gasteiger partial charge in [-0.1, -0.05) is 84.9 Å². The molecular formula is C34H25NS. The Balaban J connectivity index is 1.58. The molecule has 0 amide bonds. The summed E-state index contributed by atoms with van der Waals surface area (Å²) in [4.78, 5) is 2.29. The average molecular weight is 480 g/mol. The first kappa shape index (κ1) is 20.5. The predicted octanol–water partition coefficient (Wildman–Crippen LogP) is 8.46. The van der Waals surface area contributed by atoms with Gasteiger partial charge in [-0.25, -0.2) is 0 Å². The van der Waals surface area contributed by atoms with E-state index in [2.05, 4.69) is 122 Å². The van der Waals surface area contributed by atoms with Gasteiger partial charge in [0.15, 0.2) is 0 Å². The zero-order valence-corrected chi connectivity index (χ0v) is 21.2. The van der Waals surface area contributed by atoms with Crippen molar-refractivity contribution in [1.82, 2.24) is 4.90 Å². The summed E-state index contributed by atoms with van der Waals surface area (Å²) in [6, 6.07) is 39.0. The van der Waals surface area contributed by atoms with Crippen molar-refractivity contribution in [2.45, 2.75) is 12.0 Å². The summed E-state index contributed by atoms with van der Waals surface area (Å²) in [5, 5.41) is 2.73. The quantitative estimate of drug-likeness (QED) is 0.240. The molecule has 8 rings (SSSR count). The van der Waals surface area contributed by atoms with E-state index in [9.17, 15) is 0 Å². The Morgan fingerprint density at radius 2 is 1.25 bits per heavy atom. The topological polar surface area (TPSA) is 3.24 Å². The van der Waals surface area contributed by atoms with E-state index in [-0.39, 0.29) is 5.41 Å². The highest BCUT2D eigenvalue weighted by Gasteiger charge is 2.52. The van der Waals surface area contributed by atoms with Crippen LogP contribution in [0.5, 0.6) is 0 Å². The second-order valence-electron chi connectivity index (χ2n) is 10.4. The number of rotatable bonds is 2. The first-order chi connectivity index (χ1) is 17.7. The highest BCUT2D eigenvalue weighted by molar-refractivity contribution is 7.25. The van der Waals surface area contributed by atoms with Crippen molar-refractivity contribution < 1.29 is 0 Å². The van der Waals surface area contributed by atoms with Crippen molar-refractivity contribution in [3.05, 3.63) is 131 Å². The number of hydrogen-bond acceptors (Lipinski definition) is 2. The van der Waals surface area contributed by atoms with E-state index in [1.54, 1.807) is 0 Å². The molecule has 2 aliphatic carbocycles. The summed E-state index contributed by atoms with van der Waals surface area (Å²) in [6.45, 7) is 0.918. The summed E-state index contributed by atoms with van der Waals surface area (Å²) in [7, 11) is 4.34. The first-order valence-corrected chi connectivity index (χ1v) is 13.4. The average Bonchev–Trinajstić information content (AvgIpc) is 3.51. The van der Waals surface area contributed by atoms with Gasteiger partial charge in [0.25, 0.3) is 0 Å². The highest BCUT2D eigenvalue weighted by Crippen LogP contribution is 2.64. The minimum absolute atomic E-state index is 0.297. The molecule has 0 aliphatic heterocycles. The zero-order valence-electron chi connectivity index (χ0n) is 20.4. The lowest BCUT2D eigenvalue weighted by molar-refractivity contribution is 0.400. The maximum absolute atomic E-state index is 2.52. The summed E-state index contributed by atoms with van der Waals surface area (Å²) < 4.78 is 2.73. The molecule has 2 aliphatic rings. The van der Waals surface area contributed by atoms with Crippen molar-refractivity contribution in [2.75, 3.05) is 14.1 Å². The molecule has 1 heterocycles. The van der Waals surface area contributed by atoms with Crippen LogP contribution in [0.15, 0.2) is 103 Å². The number of nitrogens with zero attached hydrogens (tertiary/aromatic N) is 1. The van der Waals surface area contributed by atoms with Crippen LogP contribution in [0.1, 0.15) is 27.8 Å². The van der Waals surface area contributed by atoms with Crippen molar-refractivity contribution in [2.24, 2.45) is 0 Å². The fourth-order valence-electron chi connectivity index (χ4n) is 6.97. The lowest BCUT2D eigenvalue weighted by Gasteiger charge is -2.32. The third-order valence-electron chi connectivity index (χ3n) is 8.18. The van der Waals surface area contributed by atoms with Gasteiger partial charge in [-0.2, -0.15) is 0 Å². The van der Waals surface area contributed by atoms with Gasteiger partial charge in [0, 0.05) is 26.7 Å². The minimum Gasteiger partial charge on any atom is -0.305 e. The van der Waals surface area contributed by atoms with Crippen LogP contribution in [-0.4, -0.2) is 19.0 Å². The molecule has 36 heavy (non-hydrogen) atoms. The van der Waals surface area contributed by atoms with E-state index in [1.807, 2.05) is 11.3 Å². The van der Waals surface area contributed by atoms with Crippen molar-refractivity contribution in [3.63, 3.8) is 0 Å². The summed E-state index contributed by atoms with van der Waals surface area (Å²) in [5.74, 6) is 0. The Morgan fingerprint density at radius 3 is 2.03 bits per heavy atom. The Bertz CT molecular complexity index is 1860. The number of fused-ring (bicyclic) bond motifs is 13. The first-order valence-electron chi connectivity index (χ1n) is 12.6. The molecule has 0 bridgehead atoms. The normalized spacial score (nSPS) is 17.1. The van der Waals surface area contributed by atoms with Crippen LogP contribution in [0.2, 0.25) is 0 Å². The Hall–Kier alpha value is -3.72. The van der Waals surface area contributed by atoms with E-state index in [4.69, 9.17) is 0 Å².